The molecule has 0 saturated carbocycles. The van der Waals surface area contributed by atoms with E-state index in [0.29, 0.717) is 11.1 Å². The molecule has 0 unspecified atom stereocenters. The minimum Gasteiger partial charge on any atom is -0.486 e. The molecule has 0 spiro atoms. The highest BCUT2D eigenvalue weighted by Gasteiger charge is 2.14. The summed E-state index contributed by atoms with van der Waals surface area (Å²) in [5.41, 5.74) is 4.98. The predicted octanol–water partition coefficient (Wildman–Crippen LogP) is 7.51. The summed E-state index contributed by atoms with van der Waals surface area (Å²) in [5, 5.41) is 18.3. The molecule has 7 nitrogen and oxygen atoms in total. The van der Waals surface area contributed by atoms with Gasteiger partial charge in [-0.15, -0.1) is 0 Å². The number of carboxylic acids is 2. The normalized spacial score (nSPS) is 11.2. The Bertz CT molecular complexity index is 1560. The lowest BCUT2D eigenvalue weighted by atomic mass is 10.0. The summed E-state index contributed by atoms with van der Waals surface area (Å²) in [6, 6.07) is 32.3. The van der Waals surface area contributed by atoms with Crippen molar-refractivity contribution >= 4 is 41.2 Å². The molecule has 0 aliphatic carbocycles. The van der Waals surface area contributed by atoms with E-state index in [0.717, 1.165) is 28.2 Å². The number of hydrogen-bond acceptors (Lipinski definition) is 3. The SMILES string of the molecule is [C-]#[N+]/C(=C\c1ccc(N(c2ccc(/C=C(/[N+]#[C-])C(=O)O)cc2)c2ccc(-c3ccccc3)cc2)cc1)C(=O)O. The first-order valence-electron chi connectivity index (χ1n) is 11.7. The zero-order valence-corrected chi connectivity index (χ0v) is 20.5. The number of aliphatic carboxylic acids is 2. The minimum atomic E-state index is -1.28. The van der Waals surface area contributed by atoms with Gasteiger partial charge in [0.2, 0.25) is 0 Å². The van der Waals surface area contributed by atoms with E-state index >= 15 is 0 Å². The Hall–Kier alpha value is -5.92. The third-order valence-corrected chi connectivity index (χ3v) is 5.82. The minimum absolute atomic E-state index is 0.375. The van der Waals surface area contributed by atoms with Crippen LogP contribution in [0.2, 0.25) is 0 Å². The van der Waals surface area contributed by atoms with Gasteiger partial charge in [0.15, 0.2) is 0 Å². The van der Waals surface area contributed by atoms with Gasteiger partial charge in [0, 0.05) is 17.1 Å². The Morgan fingerprint density at radius 3 is 1.28 bits per heavy atom. The van der Waals surface area contributed by atoms with E-state index in [-0.39, 0.29) is 11.4 Å². The molecule has 0 aliphatic rings. The predicted molar refractivity (Wildman–Crippen MR) is 151 cm³/mol. The molecular weight excluding hydrogens is 490 g/mol. The van der Waals surface area contributed by atoms with E-state index in [1.54, 1.807) is 24.3 Å². The van der Waals surface area contributed by atoms with Crippen molar-refractivity contribution in [3.8, 4) is 11.1 Å². The van der Waals surface area contributed by atoms with Gasteiger partial charge in [-0.1, -0.05) is 66.7 Å². The maximum absolute atomic E-state index is 11.2. The van der Waals surface area contributed by atoms with Crippen LogP contribution in [0.4, 0.5) is 17.1 Å². The maximum atomic E-state index is 11.2. The van der Waals surface area contributed by atoms with Crippen LogP contribution >= 0.6 is 0 Å². The van der Waals surface area contributed by atoms with Gasteiger partial charge >= 0.3 is 11.9 Å². The molecule has 0 aliphatic heterocycles. The van der Waals surface area contributed by atoms with E-state index in [1.807, 2.05) is 83.8 Å². The molecule has 0 amide bonds. The van der Waals surface area contributed by atoms with E-state index in [1.165, 1.54) is 12.2 Å². The largest absolute Gasteiger partial charge is 0.486 e. The molecule has 0 aromatic heterocycles. The van der Waals surface area contributed by atoms with Gasteiger partial charge in [-0.2, -0.15) is 0 Å². The third kappa shape index (κ3) is 6.26. The summed E-state index contributed by atoms with van der Waals surface area (Å²) in [4.78, 5) is 30.5. The molecule has 0 saturated heterocycles. The standard InChI is InChI=1S/C32H21N3O4/c1-33-29(31(36)37)20-22-8-14-26(15-9-22)35(27-16-10-23(11-17-27)21-30(34-2)32(38)39)28-18-12-25(13-19-28)24-6-4-3-5-7-24/h3-21H,(H,36,37)(H,38,39)/b29-20-,30-21+. The summed E-state index contributed by atoms with van der Waals surface area (Å²) in [6.07, 6.45) is 2.63. The average Bonchev–Trinajstić information content (AvgIpc) is 2.96. The smallest absolute Gasteiger partial charge is 0.333 e. The van der Waals surface area contributed by atoms with Crippen LogP contribution in [-0.2, 0) is 9.59 Å². The van der Waals surface area contributed by atoms with Gasteiger partial charge < -0.3 is 15.1 Å². The average molecular weight is 512 g/mol. The molecule has 7 heteroatoms. The molecule has 188 valence electrons. The second kappa shape index (κ2) is 11.9. The van der Waals surface area contributed by atoms with Crippen molar-refractivity contribution < 1.29 is 19.8 Å². The summed E-state index contributed by atoms with van der Waals surface area (Å²) in [7, 11) is 0. The monoisotopic (exact) mass is 511 g/mol. The first-order valence-corrected chi connectivity index (χ1v) is 11.7. The molecule has 4 aromatic rings. The number of hydrogen-bond donors (Lipinski definition) is 2. The van der Waals surface area contributed by atoms with Crippen molar-refractivity contribution in [2.75, 3.05) is 4.90 Å². The second-order valence-corrected chi connectivity index (χ2v) is 8.32. The molecule has 4 rings (SSSR count). The molecule has 0 radical (unpaired) electrons. The zero-order valence-electron chi connectivity index (χ0n) is 20.5. The molecule has 0 bridgehead atoms. The Morgan fingerprint density at radius 1 is 0.564 bits per heavy atom. The third-order valence-electron chi connectivity index (χ3n) is 5.82. The fraction of sp³-hybridized carbons (Fsp3) is 0. The van der Waals surface area contributed by atoms with E-state index in [4.69, 9.17) is 23.4 Å². The Balaban J connectivity index is 1.75. The second-order valence-electron chi connectivity index (χ2n) is 8.32. The maximum Gasteiger partial charge on any atom is 0.333 e. The van der Waals surface area contributed by atoms with Crippen LogP contribution in [0.3, 0.4) is 0 Å². The van der Waals surface area contributed by atoms with Crippen molar-refractivity contribution in [2.45, 2.75) is 0 Å². The Labute approximate surface area is 225 Å². The molecule has 4 aromatic carbocycles. The van der Waals surface area contributed by atoms with Gasteiger partial charge in [-0.3, -0.25) is 9.59 Å². The van der Waals surface area contributed by atoms with Gasteiger partial charge in [0.25, 0.3) is 11.4 Å². The van der Waals surface area contributed by atoms with Gasteiger partial charge in [0.05, 0.1) is 13.1 Å². The number of benzene rings is 4. The highest BCUT2D eigenvalue weighted by Crippen LogP contribution is 2.36. The molecule has 0 heterocycles. The lowest BCUT2D eigenvalue weighted by Gasteiger charge is -2.26. The van der Waals surface area contributed by atoms with Crippen molar-refractivity contribution in [2.24, 2.45) is 0 Å². The van der Waals surface area contributed by atoms with Crippen molar-refractivity contribution in [3.05, 3.63) is 148 Å². The summed E-state index contributed by atoms with van der Waals surface area (Å²) >= 11 is 0. The van der Waals surface area contributed by atoms with E-state index < -0.39 is 11.9 Å². The van der Waals surface area contributed by atoms with Crippen LogP contribution in [0, 0.1) is 13.1 Å². The van der Waals surface area contributed by atoms with Gasteiger partial charge in [0.1, 0.15) is 0 Å². The molecule has 0 atom stereocenters. The first-order chi connectivity index (χ1) is 18.9. The summed E-state index contributed by atoms with van der Waals surface area (Å²) < 4.78 is 0. The summed E-state index contributed by atoms with van der Waals surface area (Å²) in [6.45, 7) is 14.1. The Morgan fingerprint density at radius 2 is 0.923 bits per heavy atom. The highest BCUT2D eigenvalue weighted by molar-refractivity contribution is 5.95. The molecule has 39 heavy (non-hydrogen) atoms. The fourth-order valence-corrected chi connectivity index (χ4v) is 3.92. The van der Waals surface area contributed by atoms with Crippen LogP contribution in [0.1, 0.15) is 11.1 Å². The van der Waals surface area contributed by atoms with Crippen LogP contribution < -0.4 is 4.90 Å². The van der Waals surface area contributed by atoms with E-state index in [2.05, 4.69) is 9.69 Å². The summed E-state index contributed by atoms with van der Waals surface area (Å²) in [5.74, 6) is -2.57. The highest BCUT2D eigenvalue weighted by atomic mass is 16.4. The first kappa shape index (κ1) is 26.2. The van der Waals surface area contributed by atoms with E-state index in [9.17, 15) is 9.59 Å². The molecule has 0 fully saturated rings. The van der Waals surface area contributed by atoms with Crippen LogP contribution in [-0.4, -0.2) is 22.2 Å². The van der Waals surface area contributed by atoms with Crippen molar-refractivity contribution in [1.82, 2.24) is 0 Å². The van der Waals surface area contributed by atoms with Crippen LogP contribution in [0.5, 0.6) is 0 Å². The lowest BCUT2D eigenvalue weighted by molar-refractivity contribution is -0.133. The number of carboxylic acid groups (broad SMARTS) is 2. The number of rotatable bonds is 8. The van der Waals surface area contributed by atoms with Crippen LogP contribution in [0.15, 0.2) is 115 Å². The number of nitrogens with zero attached hydrogens (tertiary/aromatic N) is 3. The fourth-order valence-electron chi connectivity index (χ4n) is 3.92. The van der Waals surface area contributed by atoms with Crippen LogP contribution in [0.25, 0.3) is 33.0 Å². The quantitative estimate of drug-likeness (QED) is 0.189. The number of anilines is 3. The number of carbonyl (C=O) groups is 2. The van der Waals surface area contributed by atoms with Gasteiger partial charge in [-0.25, -0.2) is 9.69 Å². The molecular formula is C32H21N3O4. The zero-order chi connectivity index (χ0) is 27.8. The van der Waals surface area contributed by atoms with Crippen molar-refractivity contribution in [1.29, 1.82) is 0 Å². The molecule has 2 N–H and O–H groups in total. The van der Waals surface area contributed by atoms with Gasteiger partial charge in [-0.05, 0) is 70.8 Å². The van der Waals surface area contributed by atoms with Crippen molar-refractivity contribution in [3.63, 3.8) is 0 Å². The lowest BCUT2D eigenvalue weighted by Crippen LogP contribution is -2.10. The topological polar surface area (TPSA) is 86.6 Å². The Kier molecular flexibility index (Phi) is 7.96.